The molecule has 14 heavy (non-hydrogen) atoms. The molecule has 2 aliphatic carbocycles. The van der Waals surface area contributed by atoms with E-state index in [9.17, 15) is 5.11 Å². The smallest absolute Gasteiger partial charge is 0.0578 e. The molecule has 0 aromatic rings. The van der Waals surface area contributed by atoms with E-state index in [2.05, 4.69) is 20.8 Å². The molecule has 2 rings (SSSR count). The molecule has 2 saturated carbocycles. The average molecular weight is 196 g/mol. The van der Waals surface area contributed by atoms with Crippen LogP contribution in [0.4, 0.5) is 0 Å². The van der Waals surface area contributed by atoms with Crippen molar-refractivity contribution in [3.63, 3.8) is 0 Å². The molecular formula is C13H24O. The Morgan fingerprint density at radius 2 is 1.71 bits per heavy atom. The summed E-state index contributed by atoms with van der Waals surface area (Å²) in [5.74, 6) is 0.583. The lowest BCUT2D eigenvalue weighted by molar-refractivity contribution is 0.0795. The lowest BCUT2D eigenvalue weighted by Crippen LogP contribution is -2.23. The van der Waals surface area contributed by atoms with Crippen molar-refractivity contribution in [1.29, 1.82) is 0 Å². The van der Waals surface area contributed by atoms with E-state index in [-0.39, 0.29) is 6.10 Å². The SMILES string of the molecule is CC1(CC(O)C2CC2(C)C)CCCC1. The van der Waals surface area contributed by atoms with Gasteiger partial charge < -0.3 is 5.11 Å². The fourth-order valence-electron chi connectivity index (χ4n) is 3.24. The molecule has 2 unspecified atom stereocenters. The van der Waals surface area contributed by atoms with Crippen molar-refractivity contribution in [2.24, 2.45) is 16.7 Å². The first-order valence-corrected chi connectivity index (χ1v) is 6.11. The zero-order chi connectivity index (χ0) is 10.4. The summed E-state index contributed by atoms with van der Waals surface area (Å²) in [5.41, 5.74) is 0.881. The van der Waals surface area contributed by atoms with Gasteiger partial charge in [-0.2, -0.15) is 0 Å². The van der Waals surface area contributed by atoms with E-state index in [1.165, 1.54) is 32.1 Å². The van der Waals surface area contributed by atoms with Crippen LogP contribution in [-0.2, 0) is 0 Å². The predicted molar refractivity (Wildman–Crippen MR) is 59.1 cm³/mol. The summed E-state index contributed by atoms with van der Waals surface area (Å²) in [6, 6.07) is 0. The van der Waals surface area contributed by atoms with Crippen molar-refractivity contribution in [3.05, 3.63) is 0 Å². The molecule has 0 saturated heterocycles. The van der Waals surface area contributed by atoms with Crippen LogP contribution in [0.1, 0.15) is 59.3 Å². The van der Waals surface area contributed by atoms with Crippen LogP contribution in [0.15, 0.2) is 0 Å². The molecule has 1 nitrogen and oxygen atoms in total. The Morgan fingerprint density at radius 3 is 2.14 bits per heavy atom. The van der Waals surface area contributed by atoms with E-state index in [1.54, 1.807) is 0 Å². The highest BCUT2D eigenvalue weighted by Gasteiger charge is 2.51. The van der Waals surface area contributed by atoms with Gasteiger partial charge in [-0.1, -0.05) is 33.6 Å². The third kappa shape index (κ3) is 1.98. The molecule has 0 radical (unpaired) electrons. The normalized spacial score (nSPS) is 35.6. The average Bonchev–Trinajstić information content (AvgIpc) is 2.51. The summed E-state index contributed by atoms with van der Waals surface area (Å²) >= 11 is 0. The Balaban J connectivity index is 1.85. The molecule has 0 aliphatic heterocycles. The summed E-state index contributed by atoms with van der Waals surface area (Å²) < 4.78 is 0. The summed E-state index contributed by atoms with van der Waals surface area (Å²) in [4.78, 5) is 0. The number of hydrogen-bond acceptors (Lipinski definition) is 1. The van der Waals surface area contributed by atoms with E-state index in [1.807, 2.05) is 0 Å². The summed E-state index contributed by atoms with van der Waals surface area (Å²) in [7, 11) is 0. The van der Waals surface area contributed by atoms with Gasteiger partial charge in [0.1, 0.15) is 0 Å². The van der Waals surface area contributed by atoms with Gasteiger partial charge in [0.25, 0.3) is 0 Å². The minimum Gasteiger partial charge on any atom is -0.393 e. The summed E-state index contributed by atoms with van der Waals surface area (Å²) in [6.07, 6.45) is 7.64. The molecule has 0 heterocycles. The van der Waals surface area contributed by atoms with Crippen molar-refractivity contribution in [3.8, 4) is 0 Å². The second kappa shape index (κ2) is 3.23. The Kier molecular flexibility index (Phi) is 2.42. The van der Waals surface area contributed by atoms with Gasteiger partial charge in [0, 0.05) is 0 Å². The Hall–Kier alpha value is -0.0400. The van der Waals surface area contributed by atoms with Crippen LogP contribution in [0.5, 0.6) is 0 Å². The van der Waals surface area contributed by atoms with E-state index < -0.39 is 0 Å². The van der Waals surface area contributed by atoms with Gasteiger partial charge in [-0.15, -0.1) is 0 Å². The van der Waals surface area contributed by atoms with Crippen molar-refractivity contribution in [2.75, 3.05) is 0 Å². The number of aliphatic hydroxyl groups is 1. The highest BCUT2D eigenvalue weighted by molar-refractivity contribution is 5.00. The maximum atomic E-state index is 10.2. The number of aliphatic hydroxyl groups excluding tert-OH is 1. The van der Waals surface area contributed by atoms with Gasteiger partial charge >= 0.3 is 0 Å². The molecule has 0 bridgehead atoms. The molecule has 1 N–H and O–H groups in total. The molecule has 1 heteroatoms. The number of rotatable bonds is 3. The molecule has 0 amide bonds. The van der Waals surface area contributed by atoms with Crippen LogP contribution in [0.25, 0.3) is 0 Å². The molecule has 2 fully saturated rings. The van der Waals surface area contributed by atoms with Gasteiger partial charge in [0.05, 0.1) is 6.10 Å². The van der Waals surface area contributed by atoms with E-state index in [0.29, 0.717) is 16.7 Å². The van der Waals surface area contributed by atoms with E-state index >= 15 is 0 Å². The first-order chi connectivity index (χ1) is 6.43. The van der Waals surface area contributed by atoms with Crippen LogP contribution in [-0.4, -0.2) is 11.2 Å². The largest absolute Gasteiger partial charge is 0.393 e. The lowest BCUT2D eigenvalue weighted by atomic mass is 9.81. The summed E-state index contributed by atoms with van der Waals surface area (Å²) in [6.45, 7) is 6.91. The molecule has 0 aromatic carbocycles. The molecular weight excluding hydrogens is 172 g/mol. The van der Waals surface area contributed by atoms with E-state index in [0.717, 1.165) is 6.42 Å². The maximum Gasteiger partial charge on any atom is 0.0578 e. The molecule has 2 aliphatic rings. The fourth-order valence-corrected chi connectivity index (χ4v) is 3.24. The van der Waals surface area contributed by atoms with Crippen LogP contribution in [0.2, 0.25) is 0 Å². The van der Waals surface area contributed by atoms with Crippen LogP contribution >= 0.6 is 0 Å². The second-order valence-corrected chi connectivity index (χ2v) is 6.59. The van der Waals surface area contributed by atoms with Crippen molar-refractivity contribution < 1.29 is 5.11 Å². The monoisotopic (exact) mass is 196 g/mol. The van der Waals surface area contributed by atoms with Crippen LogP contribution in [0, 0.1) is 16.7 Å². The first-order valence-electron chi connectivity index (χ1n) is 6.11. The highest BCUT2D eigenvalue weighted by Crippen LogP contribution is 2.56. The minimum atomic E-state index is -0.0342. The Bertz CT molecular complexity index is 213. The Morgan fingerprint density at radius 1 is 1.21 bits per heavy atom. The molecule has 0 aromatic heterocycles. The van der Waals surface area contributed by atoms with Gasteiger partial charge in [-0.25, -0.2) is 0 Å². The quantitative estimate of drug-likeness (QED) is 0.734. The zero-order valence-corrected chi connectivity index (χ0v) is 9.84. The highest BCUT2D eigenvalue weighted by atomic mass is 16.3. The third-order valence-electron chi connectivity index (χ3n) is 4.57. The van der Waals surface area contributed by atoms with Gasteiger partial charge in [-0.05, 0) is 42.4 Å². The summed E-state index contributed by atoms with van der Waals surface area (Å²) in [5, 5.41) is 10.2. The predicted octanol–water partition coefficient (Wildman–Crippen LogP) is 3.36. The standard InChI is InChI=1S/C13H24O/c1-12(2)8-10(12)11(14)9-13(3)6-4-5-7-13/h10-11,14H,4-9H2,1-3H3. The minimum absolute atomic E-state index is 0.0342. The molecule has 2 atom stereocenters. The maximum absolute atomic E-state index is 10.2. The van der Waals surface area contributed by atoms with Crippen molar-refractivity contribution in [1.82, 2.24) is 0 Å². The van der Waals surface area contributed by atoms with Gasteiger partial charge in [0.15, 0.2) is 0 Å². The topological polar surface area (TPSA) is 20.2 Å². The lowest BCUT2D eigenvalue weighted by Gasteiger charge is -2.27. The number of hydrogen-bond donors (Lipinski definition) is 1. The Labute approximate surface area is 87.9 Å². The molecule has 82 valence electrons. The van der Waals surface area contributed by atoms with Crippen molar-refractivity contribution in [2.45, 2.75) is 65.4 Å². The van der Waals surface area contributed by atoms with Crippen LogP contribution in [0.3, 0.4) is 0 Å². The molecule has 0 spiro atoms. The van der Waals surface area contributed by atoms with E-state index in [4.69, 9.17) is 0 Å². The zero-order valence-electron chi connectivity index (χ0n) is 9.84. The van der Waals surface area contributed by atoms with Gasteiger partial charge in [-0.3, -0.25) is 0 Å². The van der Waals surface area contributed by atoms with Crippen LogP contribution < -0.4 is 0 Å². The third-order valence-corrected chi connectivity index (χ3v) is 4.57. The van der Waals surface area contributed by atoms with Gasteiger partial charge in [0.2, 0.25) is 0 Å². The second-order valence-electron chi connectivity index (χ2n) is 6.59. The fraction of sp³-hybridized carbons (Fsp3) is 1.00. The van der Waals surface area contributed by atoms with Crippen molar-refractivity contribution >= 4 is 0 Å². The first kappa shape index (κ1) is 10.5.